The van der Waals surface area contributed by atoms with E-state index in [2.05, 4.69) is 5.32 Å². The summed E-state index contributed by atoms with van der Waals surface area (Å²) < 4.78 is 36.0. The molecule has 5 nitrogen and oxygen atoms in total. The summed E-state index contributed by atoms with van der Waals surface area (Å²) in [5.41, 5.74) is 0. The maximum atomic E-state index is 14.2. The lowest BCUT2D eigenvalue weighted by atomic mass is 9.50. The Kier molecular flexibility index (Phi) is 5.23. The minimum Gasteiger partial charge on any atom is -0.493 e. The van der Waals surface area contributed by atoms with Gasteiger partial charge < -0.3 is 10.1 Å². The van der Waals surface area contributed by atoms with Gasteiger partial charge in [-0.2, -0.15) is 4.31 Å². The molecule has 4 bridgehead atoms. The number of fused-ring (bicyclic) bond motifs is 1. The summed E-state index contributed by atoms with van der Waals surface area (Å²) in [6, 6.07) is 11.4. The van der Waals surface area contributed by atoms with Gasteiger partial charge in [0.2, 0.25) is 10.0 Å². The molecule has 5 aliphatic rings. The first kappa shape index (κ1) is 20.9. The summed E-state index contributed by atoms with van der Waals surface area (Å²) in [4.78, 5) is 0.423. The zero-order valence-electron chi connectivity index (χ0n) is 18.9. The Labute approximate surface area is 191 Å². The van der Waals surface area contributed by atoms with Crippen molar-refractivity contribution in [2.24, 2.45) is 29.6 Å². The van der Waals surface area contributed by atoms with Crippen LogP contribution in [0.2, 0.25) is 0 Å². The van der Waals surface area contributed by atoms with Crippen molar-refractivity contribution < 1.29 is 13.2 Å². The topological polar surface area (TPSA) is 58.6 Å². The van der Waals surface area contributed by atoms with Crippen molar-refractivity contribution >= 4 is 20.8 Å². The second-order valence-electron chi connectivity index (χ2n) is 10.4. The molecule has 1 atom stereocenters. The molecular formula is C26H34N2O3S. The fourth-order valence-corrected chi connectivity index (χ4v) is 9.66. The molecule has 1 N–H and O–H groups in total. The molecule has 7 rings (SSSR count). The van der Waals surface area contributed by atoms with Gasteiger partial charge in [-0.3, -0.25) is 0 Å². The number of nitrogens with zero attached hydrogens (tertiary/aromatic N) is 1. The number of piperazine rings is 1. The quantitative estimate of drug-likeness (QED) is 0.733. The van der Waals surface area contributed by atoms with Crippen LogP contribution in [0.3, 0.4) is 0 Å². The molecule has 1 unspecified atom stereocenters. The van der Waals surface area contributed by atoms with E-state index in [0.29, 0.717) is 35.8 Å². The van der Waals surface area contributed by atoms with E-state index in [4.69, 9.17) is 4.74 Å². The summed E-state index contributed by atoms with van der Waals surface area (Å²) in [6.45, 7) is 4.56. The maximum absolute atomic E-state index is 14.2. The fourth-order valence-electron chi connectivity index (χ4n) is 7.81. The predicted molar refractivity (Wildman–Crippen MR) is 126 cm³/mol. The molecule has 1 aliphatic heterocycles. The normalized spacial score (nSPS) is 34.8. The number of ether oxygens (including phenoxy) is 1. The predicted octanol–water partition coefficient (Wildman–Crippen LogP) is 4.27. The molecule has 0 radical (unpaired) electrons. The van der Waals surface area contributed by atoms with Gasteiger partial charge in [0.25, 0.3) is 0 Å². The standard InChI is InChI=1S/C26H34N2O3S/c1-2-31-24-7-8-25(22-6-4-3-5-21(22)24)32(29,30)28-10-9-27-16-23(28)26-19-12-17-11-18(14-19)15-20(26)13-17/h3-8,17-20,23,26-27H,2,9-16H2,1H3. The van der Waals surface area contributed by atoms with E-state index in [9.17, 15) is 8.42 Å². The highest BCUT2D eigenvalue weighted by Crippen LogP contribution is 2.58. The van der Waals surface area contributed by atoms with Crippen LogP contribution in [0.25, 0.3) is 10.8 Å². The van der Waals surface area contributed by atoms with Crippen LogP contribution in [0.4, 0.5) is 0 Å². The van der Waals surface area contributed by atoms with Crippen LogP contribution >= 0.6 is 0 Å². The Bertz CT molecular complexity index is 1090. The highest BCUT2D eigenvalue weighted by atomic mass is 32.2. The number of hydrogen-bond acceptors (Lipinski definition) is 4. The van der Waals surface area contributed by atoms with Crippen LogP contribution in [-0.4, -0.2) is 45.0 Å². The summed E-state index contributed by atoms with van der Waals surface area (Å²) in [7, 11) is -3.61. The lowest BCUT2D eigenvalue weighted by Gasteiger charge is -2.58. The molecule has 4 saturated carbocycles. The number of hydrogen-bond donors (Lipinski definition) is 1. The Balaban J connectivity index is 1.39. The van der Waals surface area contributed by atoms with Crippen LogP contribution in [-0.2, 0) is 10.0 Å². The monoisotopic (exact) mass is 454 g/mol. The number of rotatable bonds is 5. The van der Waals surface area contributed by atoms with E-state index in [1.165, 1.54) is 32.1 Å². The van der Waals surface area contributed by atoms with Crippen molar-refractivity contribution in [2.75, 3.05) is 26.2 Å². The molecule has 6 heteroatoms. The van der Waals surface area contributed by atoms with Crippen molar-refractivity contribution in [2.45, 2.75) is 50.0 Å². The molecule has 172 valence electrons. The van der Waals surface area contributed by atoms with Gasteiger partial charge in [0, 0.05) is 36.4 Å². The molecule has 4 aliphatic carbocycles. The summed E-state index contributed by atoms with van der Waals surface area (Å²) in [5.74, 6) is 4.44. The van der Waals surface area contributed by atoms with Gasteiger partial charge in [0.1, 0.15) is 5.75 Å². The Morgan fingerprint density at radius 1 is 0.969 bits per heavy atom. The van der Waals surface area contributed by atoms with E-state index in [0.717, 1.165) is 41.4 Å². The van der Waals surface area contributed by atoms with Gasteiger partial charge >= 0.3 is 0 Å². The van der Waals surface area contributed by atoms with Crippen LogP contribution in [0.1, 0.15) is 39.0 Å². The number of benzene rings is 2. The highest BCUT2D eigenvalue weighted by Gasteiger charge is 2.53. The van der Waals surface area contributed by atoms with Gasteiger partial charge in [0.15, 0.2) is 0 Å². The van der Waals surface area contributed by atoms with Crippen molar-refractivity contribution in [3.63, 3.8) is 0 Å². The van der Waals surface area contributed by atoms with Crippen LogP contribution in [0, 0.1) is 29.6 Å². The third-order valence-electron chi connectivity index (χ3n) is 8.71. The Morgan fingerprint density at radius 3 is 2.34 bits per heavy atom. The molecule has 1 heterocycles. The number of sulfonamides is 1. The fraction of sp³-hybridized carbons (Fsp3) is 0.615. The van der Waals surface area contributed by atoms with E-state index < -0.39 is 10.0 Å². The highest BCUT2D eigenvalue weighted by molar-refractivity contribution is 7.89. The lowest BCUT2D eigenvalue weighted by Crippen LogP contribution is -2.61. The van der Waals surface area contributed by atoms with Crippen LogP contribution in [0.5, 0.6) is 5.75 Å². The number of nitrogens with one attached hydrogen (secondary N) is 1. The van der Waals surface area contributed by atoms with Gasteiger partial charge in [-0.25, -0.2) is 8.42 Å². The smallest absolute Gasteiger partial charge is 0.244 e. The molecule has 5 fully saturated rings. The molecule has 0 aromatic heterocycles. The lowest BCUT2D eigenvalue weighted by molar-refractivity contribution is -0.0653. The van der Waals surface area contributed by atoms with Crippen molar-refractivity contribution in [3.05, 3.63) is 36.4 Å². The zero-order valence-corrected chi connectivity index (χ0v) is 19.7. The van der Waals surface area contributed by atoms with E-state index in [1.54, 1.807) is 6.07 Å². The SMILES string of the molecule is CCOc1ccc(S(=O)(=O)N2CCNCC2C2C3CC4CC(C3)CC2C4)c2ccccc12. The largest absolute Gasteiger partial charge is 0.493 e. The van der Waals surface area contributed by atoms with E-state index in [1.807, 2.05) is 41.6 Å². The molecule has 32 heavy (non-hydrogen) atoms. The molecule has 2 aromatic rings. The minimum atomic E-state index is -3.61. The summed E-state index contributed by atoms with van der Waals surface area (Å²) in [5, 5.41) is 5.17. The Morgan fingerprint density at radius 2 is 1.66 bits per heavy atom. The van der Waals surface area contributed by atoms with Gasteiger partial charge in [-0.05, 0) is 80.8 Å². The summed E-state index contributed by atoms with van der Waals surface area (Å²) >= 11 is 0. The van der Waals surface area contributed by atoms with Crippen molar-refractivity contribution in [1.82, 2.24) is 9.62 Å². The maximum Gasteiger partial charge on any atom is 0.244 e. The minimum absolute atomic E-state index is 0.0640. The molecular weight excluding hydrogens is 420 g/mol. The molecule has 0 spiro atoms. The van der Waals surface area contributed by atoms with Gasteiger partial charge in [-0.15, -0.1) is 0 Å². The van der Waals surface area contributed by atoms with Crippen LogP contribution in [0.15, 0.2) is 41.3 Å². The first-order valence-electron chi connectivity index (χ1n) is 12.4. The average molecular weight is 455 g/mol. The second-order valence-corrected chi connectivity index (χ2v) is 12.3. The van der Waals surface area contributed by atoms with Gasteiger partial charge in [0.05, 0.1) is 11.5 Å². The van der Waals surface area contributed by atoms with Gasteiger partial charge in [-0.1, -0.05) is 24.3 Å². The third kappa shape index (κ3) is 3.29. The molecule has 1 saturated heterocycles. The third-order valence-corrected chi connectivity index (χ3v) is 10.7. The van der Waals surface area contributed by atoms with Crippen LogP contribution < -0.4 is 10.1 Å². The average Bonchev–Trinajstić information content (AvgIpc) is 2.79. The van der Waals surface area contributed by atoms with E-state index >= 15 is 0 Å². The van der Waals surface area contributed by atoms with Crippen molar-refractivity contribution in [1.29, 1.82) is 0 Å². The molecule has 2 aromatic carbocycles. The first-order valence-corrected chi connectivity index (χ1v) is 13.9. The van der Waals surface area contributed by atoms with Crippen molar-refractivity contribution in [3.8, 4) is 5.75 Å². The zero-order chi connectivity index (χ0) is 21.9. The van der Waals surface area contributed by atoms with E-state index in [-0.39, 0.29) is 6.04 Å². The molecule has 0 amide bonds. The first-order chi connectivity index (χ1) is 15.6. The summed E-state index contributed by atoms with van der Waals surface area (Å²) in [6.07, 6.45) is 6.67. The second kappa shape index (κ2) is 8.00. The Hall–Kier alpha value is -1.63.